The molecule has 30 heavy (non-hydrogen) atoms. The quantitative estimate of drug-likeness (QED) is 0.518. The van der Waals surface area contributed by atoms with Crippen LogP contribution in [0.2, 0.25) is 0 Å². The molecular formula is C23H27N3O4. The molecule has 0 aliphatic heterocycles. The maximum atomic E-state index is 12.5. The molecule has 7 nitrogen and oxygen atoms in total. The number of hydrogen-bond acceptors (Lipinski definition) is 6. The van der Waals surface area contributed by atoms with E-state index in [1.165, 1.54) is 0 Å². The van der Waals surface area contributed by atoms with Crippen LogP contribution in [0.5, 0.6) is 5.75 Å². The van der Waals surface area contributed by atoms with Crippen molar-refractivity contribution in [3.63, 3.8) is 0 Å². The zero-order valence-corrected chi connectivity index (χ0v) is 17.3. The summed E-state index contributed by atoms with van der Waals surface area (Å²) in [6.45, 7) is 5.57. The zero-order valence-electron chi connectivity index (χ0n) is 17.3. The van der Waals surface area contributed by atoms with Crippen LogP contribution in [-0.2, 0) is 22.5 Å². The van der Waals surface area contributed by atoms with Crippen molar-refractivity contribution in [3.05, 3.63) is 70.8 Å². The van der Waals surface area contributed by atoms with Gasteiger partial charge in [-0.1, -0.05) is 31.2 Å². The number of benzene rings is 2. The van der Waals surface area contributed by atoms with Gasteiger partial charge >= 0.3 is 5.97 Å². The van der Waals surface area contributed by atoms with Gasteiger partial charge in [0, 0.05) is 0 Å². The van der Waals surface area contributed by atoms with Crippen molar-refractivity contribution in [1.82, 2.24) is 14.9 Å². The molecule has 0 radical (unpaired) electrons. The Balaban J connectivity index is 1.56. The van der Waals surface area contributed by atoms with Gasteiger partial charge in [-0.3, -0.25) is 14.2 Å². The number of carbonyl (C=O) groups excluding carboxylic acids is 1. The van der Waals surface area contributed by atoms with E-state index in [1.54, 1.807) is 23.9 Å². The summed E-state index contributed by atoms with van der Waals surface area (Å²) < 4.78 is 12.5. The van der Waals surface area contributed by atoms with Crippen LogP contribution in [0.3, 0.4) is 0 Å². The van der Waals surface area contributed by atoms with E-state index in [2.05, 4.69) is 10.3 Å². The summed E-state index contributed by atoms with van der Waals surface area (Å²) in [6, 6.07) is 14.5. The molecule has 158 valence electrons. The Morgan fingerprint density at radius 1 is 1.13 bits per heavy atom. The van der Waals surface area contributed by atoms with Crippen LogP contribution in [-0.4, -0.2) is 41.3 Å². The molecule has 0 bridgehead atoms. The number of para-hydroxylation sites is 1. The summed E-state index contributed by atoms with van der Waals surface area (Å²) in [6.07, 6.45) is 2.10. The summed E-state index contributed by atoms with van der Waals surface area (Å²) >= 11 is 0. The van der Waals surface area contributed by atoms with Crippen LogP contribution in [0.25, 0.3) is 10.9 Å². The topological polar surface area (TPSA) is 82.5 Å². The van der Waals surface area contributed by atoms with Crippen LogP contribution >= 0.6 is 0 Å². The fourth-order valence-corrected chi connectivity index (χ4v) is 3.21. The molecule has 0 fully saturated rings. The van der Waals surface area contributed by atoms with E-state index in [9.17, 15) is 9.59 Å². The molecule has 0 saturated heterocycles. The molecule has 0 saturated carbocycles. The number of rotatable bonds is 10. The Labute approximate surface area is 175 Å². The fourth-order valence-electron chi connectivity index (χ4n) is 3.21. The minimum absolute atomic E-state index is 0.0759. The lowest BCUT2D eigenvalue weighted by Crippen LogP contribution is -2.39. The summed E-state index contributed by atoms with van der Waals surface area (Å²) in [5, 5.41) is 3.75. The van der Waals surface area contributed by atoms with E-state index >= 15 is 0 Å². The minimum Gasteiger partial charge on any atom is -0.492 e. The molecule has 1 atom stereocenters. The first-order chi connectivity index (χ1) is 14.6. The number of ether oxygens (including phenoxy) is 2. The number of aromatic nitrogens is 2. The van der Waals surface area contributed by atoms with Crippen molar-refractivity contribution < 1.29 is 14.3 Å². The number of esters is 1. The van der Waals surface area contributed by atoms with Crippen molar-refractivity contribution in [2.24, 2.45) is 0 Å². The smallest absolute Gasteiger partial charge is 0.323 e. The van der Waals surface area contributed by atoms with Gasteiger partial charge in [-0.25, -0.2) is 4.98 Å². The second kappa shape index (κ2) is 10.5. The van der Waals surface area contributed by atoms with E-state index in [0.717, 1.165) is 5.56 Å². The van der Waals surface area contributed by atoms with Crippen LogP contribution < -0.4 is 15.6 Å². The van der Waals surface area contributed by atoms with Gasteiger partial charge in [-0.2, -0.15) is 0 Å². The molecule has 3 rings (SSSR count). The maximum Gasteiger partial charge on any atom is 0.323 e. The number of likely N-dealkylation sites (N-methyl/N-ethyl adjacent to an activating group) is 1. The molecule has 1 N–H and O–H groups in total. The van der Waals surface area contributed by atoms with Gasteiger partial charge in [0.05, 0.1) is 30.4 Å². The summed E-state index contributed by atoms with van der Waals surface area (Å²) in [5.41, 5.74) is 1.62. The minimum atomic E-state index is -0.367. The van der Waals surface area contributed by atoms with E-state index in [4.69, 9.17) is 9.47 Å². The molecule has 1 heterocycles. The second-order valence-corrected chi connectivity index (χ2v) is 6.82. The molecule has 0 aliphatic carbocycles. The van der Waals surface area contributed by atoms with Gasteiger partial charge < -0.3 is 14.8 Å². The Hall–Kier alpha value is -3.19. The number of nitrogens with one attached hydrogen (secondary N) is 1. The summed E-state index contributed by atoms with van der Waals surface area (Å²) in [4.78, 5) is 28.9. The fraction of sp³-hybridized carbons (Fsp3) is 0.348. The third kappa shape index (κ3) is 5.45. The van der Waals surface area contributed by atoms with E-state index in [0.29, 0.717) is 49.4 Å². The van der Waals surface area contributed by atoms with Crippen molar-refractivity contribution in [2.45, 2.75) is 32.9 Å². The Kier molecular flexibility index (Phi) is 7.57. The lowest BCUT2D eigenvalue weighted by atomic mass is 10.1. The van der Waals surface area contributed by atoms with Crippen LogP contribution in [0, 0.1) is 0 Å². The molecule has 1 unspecified atom stereocenters. The monoisotopic (exact) mass is 409 g/mol. The highest BCUT2D eigenvalue weighted by Gasteiger charge is 2.18. The lowest BCUT2D eigenvalue weighted by molar-refractivity contribution is -0.145. The number of nitrogens with zero attached hydrogens (tertiary/aromatic N) is 2. The first kappa shape index (κ1) is 21.5. The average Bonchev–Trinajstić information content (AvgIpc) is 2.76. The lowest BCUT2D eigenvalue weighted by Gasteiger charge is -2.16. The largest absolute Gasteiger partial charge is 0.492 e. The molecule has 0 aliphatic rings. The Bertz CT molecular complexity index is 1030. The third-order valence-corrected chi connectivity index (χ3v) is 4.72. The predicted octanol–water partition coefficient (Wildman–Crippen LogP) is 2.56. The SMILES string of the molecule is CCNC(Cc1ccc(OCCn2cnc3ccccc3c2=O)cc1)C(=O)OCC. The molecule has 0 spiro atoms. The zero-order chi connectivity index (χ0) is 21.3. The molecule has 1 aromatic heterocycles. The van der Waals surface area contributed by atoms with Crippen molar-refractivity contribution in [3.8, 4) is 5.75 Å². The summed E-state index contributed by atoms with van der Waals surface area (Å²) in [7, 11) is 0. The molecule has 2 aromatic carbocycles. The number of hydrogen-bond donors (Lipinski definition) is 1. The highest BCUT2D eigenvalue weighted by molar-refractivity contribution is 5.77. The normalized spacial score (nSPS) is 11.9. The Morgan fingerprint density at radius 3 is 2.63 bits per heavy atom. The van der Waals surface area contributed by atoms with Gasteiger partial charge in [0.25, 0.3) is 5.56 Å². The van der Waals surface area contributed by atoms with Crippen LogP contribution in [0.15, 0.2) is 59.7 Å². The Morgan fingerprint density at radius 2 is 1.90 bits per heavy atom. The number of fused-ring (bicyclic) bond motifs is 1. The van der Waals surface area contributed by atoms with E-state index in [1.807, 2.05) is 49.4 Å². The standard InChI is InChI=1S/C23H27N3O4/c1-3-24-21(23(28)29-4-2)15-17-9-11-18(12-10-17)30-14-13-26-16-25-20-8-6-5-7-19(20)22(26)27/h5-12,16,21,24H,3-4,13-15H2,1-2H3. The van der Waals surface area contributed by atoms with Gasteiger partial charge in [0.1, 0.15) is 18.4 Å². The molecule has 7 heteroatoms. The van der Waals surface area contributed by atoms with Crippen molar-refractivity contribution in [2.75, 3.05) is 19.8 Å². The van der Waals surface area contributed by atoms with E-state index < -0.39 is 0 Å². The van der Waals surface area contributed by atoms with Gasteiger partial charge in [-0.15, -0.1) is 0 Å². The highest BCUT2D eigenvalue weighted by Crippen LogP contribution is 2.14. The van der Waals surface area contributed by atoms with Crippen molar-refractivity contribution in [1.29, 1.82) is 0 Å². The van der Waals surface area contributed by atoms with Crippen molar-refractivity contribution >= 4 is 16.9 Å². The second-order valence-electron chi connectivity index (χ2n) is 6.82. The maximum absolute atomic E-state index is 12.5. The van der Waals surface area contributed by atoms with Gasteiger partial charge in [-0.05, 0) is 49.7 Å². The average molecular weight is 409 g/mol. The summed E-state index contributed by atoms with van der Waals surface area (Å²) in [5.74, 6) is 0.464. The first-order valence-corrected chi connectivity index (χ1v) is 10.2. The molecular weight excluding hydrogens is 382 g/mol. The molecule has 3 aromatic rings. The first-order valence-electron chi connectivity index (χ1n) is 10.2. The van der Waals surface area contributed by atoms with Gasteiger partial charge in [0.2, 0.25) is 0 Å². The molecule has 0 amide bonds. The third-order valence-electron chi connectivity index (χ3n) is 4.72. The van der Waals surface area contributed by atoms with Crippen LogP contribution in [0.1, 0.15) is 19.4 Å². The van der Waals surface area contributed by atoms with E-state index in [-0.39, 0.29) is 17.6 Å². The predicted molar refractivity (Wildman–Crippen MR) is 116 cm³/mol. The number of carbonyl (C=O) groups is 1. The van der Waals surface area contributed by atoms with Crippen LogP contribution in [0.4, 0.5) is 0 Å². The van der Waals surface area contributed by atoms with Gasteiger partial charge in [0.15, 0.2) is 0 Å². The highest BCUT2D eigenvalue weighted by atomic mass is 16.5.